The van der Waals surface area contributed by atoms with Crippen LogP contribution in [0, 0.1) is 22.6 Å². The minimum absolute atomic E-state index is 0.0105. The molecule has 0 fully saturated rings. The number of benzene rings is 1. The number of carbonyl (C=O) groups excluding carboxylic acids is 1. The number of carbonyl (C=O) groups is 1. The van der Waals surface area contributed by atoms with E-state index in [1.54, 1.807) is 0 Å². The number of amides is 1. The molecule has 0 aliphatic carbocycles. The molecule has 0 spiro atoms. The van der Waals surface area contributed by atoms with Crippen molar-refractivity contribution >= 4 is 17.5 Å². The van der Waals surface area contributed by atoms with Crippen molar-refractivity contribution in [1.82, 2.24) is 5.32 Å². The number of halogens is 2. The Bertz CT molecular complexity index is 480. The van der Waals surface area contributed by atoms with E-state index in [1.165, 1.54) is 32.0 Å². The van der Waals surface area contributed by atoms with Gasteiger partial charge in [-0.15, -0.1) is 0 Å². The van der Waals surface area contributed by atoms with E-state index < -0.39 is 11.2 Å². The topological polar surface area (TPSA) is 52.9 Å². The molecule has 0 atom stereocenters. The van der Waals surface area contributed by atoms with Crippen molar-refractivity contribution in [3.63, 3.8) is 0 Å². The summed E-state index contributed by atoms with van der Waals surface area (Å²) in [6, 6.07) is 6.10. The van der Waals surface area contributed by atoms with E-state index in [4.69, 9.17) is 16.9 Å². The summed E-state index contributed by atoms with van der Waals surface area (Å²) in [6.07, 6.45) is 0. The van der Waals surface area contributed by atoms with Gasteiger partial charge in [0.15, 0.2) is 0 Å². The Hall–Kier alpha value is -1.60. The van der Waals surface area contributed by atoms with E-state index in [9.17, 15) is 9.18 Å². The third kappa shape index (κ3) is 3.43. The van der Waals surface area contributed by atoms with Crippen LogP contribution in [0.5, 0.6) is 0 Å². The molecule has 0 radical (unpaired) electrons. The average molecular weight is 255 g/mol. The first-order chi connectivity index (χ1) is 7.86. The lowest BCUT2D eigenvalue weighted by Crippen LogP contribution is -2.35. The van der Waals surface area contributed by atoms with Gasteiger partial charge >= 0.3 is 0 Å². The second-order valence-electron chi connectivity index (χ2n) is 4.17. The van der Waals surface area contributed by atoms with Gasteiger partial charge in [-0.1, -0.05) is 17.7 Å². The maximum atomic E-state index is 12.9. The molecule has 0 bridgehead atoms. The SMILES string of the molecule is CC(C)(C#N)C(=O)NCc1ccc(F)c(Cl)c1. The molecule has 0 aliphatic heterocycles. The van der Waals surface area contributed by atoms with E-state index in [1.807, 2.05) is 6.07 Å². The van der Waals surface area contributed by atoms with E-state index in [0.717, 1.165) is 0 Å². The van der Waals surface area contributed by atoms with Crippen molar-refractivity contribution in [3.8, 4) is 6.07 Å². The highest BCUT2D eigenvalue weighted by atomic mass is 35.5. The molecule has 3 nitrogen and oxygen atoms in total. The van der Waals surface area contributed by atoms with E-state index in [0.29, 0.717) is 5.56 Å². The highest BCUT2D eigenvalue weighted by Gasteiger charge is 2.26. The van der Waals surface area contributed by atoms with Gasteiger partial charge in [0.25, 0.3) is 0 Å². The van der Waals surface area contributed by atoms with Crippen molar-refractivity contribution in [1.29, 1.82) is 5.26 Å². The lowest BCUT2D eigenvalue weighted by atomic mass is 9.95. The van der Waals surface area contributed by atoms with E-state index in [-0.39, 0.29) is 17.5 Å². The van der Waals surface area contributed by atoms with Crippen LogP contribution < -0.4 is 5.32 Å². The zero-order valence-electron chi connectivity index (χ0n) is 9.55. The van der Waals surface area contributed by atoms with Crippen LogP contribution >= 0.6 is 11.6 Å². The molecule has 17 heavy (non-hydrogen) atoms. The number of hydrogen-bond donors (Lipinski definition) is 1. The Morgan fingerprint density at radius 1 is 1.59 bits per heavy atom. The lowest BCUT2D eigenvalue weighted by Gasteiger charge is -2.15. The fourth-order valence-corrected chi connectivity index (χ4v) is 1.31. The normalized spacial score (nSPS) is 10.8. The fourth-order valence-electron chi connectivity index (χ4n) is 1.10. The number of nitriles is 1. The summed E-state index contributed by atoms with van der Waals surface area (Å²) in [5, 5.41) is 11.4. The predicted molar refractivity (Wildman–Crippen MR) is 62.7 cm³/mol. The summed E-state index contributed by atoms with van der Waals surface area (Å²) in [7, 11) is 0. The highest BCUT2D eigenvalue weighted by molar-refractivity contribution is 6.30. The quantitative estimate of drug-likeness (QED) is 0.902. The third-order valence-electron chi connectivity index (χ3n) is 2.28. The van der Waals surface area contributed by atoms with Crippen molar-refractivity contribution in [2.75, 3.05) is 0 Å². The maximum absolute atomic E-state index is 12.9. The molecular formula is C12H12ClFN2O. The van der Waals surface area contributed by atoms with Crippen LogP contribution in [0.25, 0.3) is 0 Å². The van der Waals surface area contributed by atoms with Crippen molar-refractivity contribution in [2.45, 2.75) is 20.4 Å². The largest absolute Gasteiger partial charge is 0.351 e. The Labute approximate surface area is 104 Å². The van der Waals surface area contributed by atoms with E-state index >= 15 is 0 Å². The first-order valence-electron chi connectivity index (χ1n) is 5.00. The van der Waals surface area contributed by atoms with Gasteiger partial charge in [-0.25, -0.2) is 4.39 Å². The zero-order valence-corrected chi connectivity index (χ0v) is 10.3. The monoisotopic (exact) mass is 254 g/mol. The van der Waals surface area contributed by atoms with Crippen molar-refractivity contribution in [3.05, 3.63) is 34.6 Å². The minimum Gasteiger partial charge on any atom is -0.351 e. The number of nitrogens with zero attached hydrogens (tertiary/aromatic N) is 1. The van der Waals surface area contributed by atoms with Crippen LogP contribution in [0.15, 0.2) is 18.2 Å². The smallest absolute Gasteiger partial charge is 0.240 e. The molecule has 0 unspecified atom stereocenters. The van der Waals surface area contributed by atoms with Gasteiger partial charge in [0.2, 0.25) is 5.91 Å². The van der Waals surface area contributed by atoms with Gasteiger partial charge in [-0.3, -0.25) is 4.79 Å². The predicted octanol–water partition coefficient (Wildman–Crippen LogP) is 2.65. The molecule has 5 heteroatoms. The van der Waals surface area contributed by atoms with Crippen LogP contribution in [-0.2, 0) is 11.3 Å². The summed E-state index contributed by atoms with van der Waals surface area (Å²) >= 11 is 5.61. The molecule has 0 saturated carbocycles. The lowest BCUT2D eigenvalue weighted by molar-refractivity contribution is -0.126. The number of hydrogen-bond acceptors (Lipinski definition) is 2. The van der Waals surface area contributed by atoms with Crippen LogP contribution in [0.1, 0.15) is 19.4 Å². The molecule has 90 valence electrons. The van der Waals surface area contributed by atoms with E-state index in [2.05, 4.69) is 5.32 Å². The Kier molecular flexibility index (Phi) is 4.08. The Morgan fingerprint density at radius 2 is 2.24 bits per heavy atom. The average Bonchev–Trinajstić information content (AvgIpc) is 2.30. The molecule has 1 aromatic rings. The number of nitrogens with one attached hydrogen (secondary N) is 1. The van der Waals surface area contributed by atoms with Crippen LogP contribution in [0.4, 0.5) is 4.39 Å². The Morgan fingerprint density at radius 3 is 2.76 bits per heavy atom. The molecule has 0 heterocycles. The number of rotatable bonds is 3. The second kappa shape index (κ2) is 5.15. The van der Waals surface area contributed by atoms with Gasteiger partial charge in [-0.05, 0) is 31.5 Å². The standard InChI is InChI=1S/C12H12ClFN2O/c1-12(2,7-15)11(17)16-6-8-3-4-10(14)9(13)5-8/h3-5H,6H2,1-2H3,(H,16,17). The summed E-state index contributed by atoms with van der Waals surface area (Å²) in [6.45, 7) is 3.27. The second-order valence-corrected chi connectivity index (χ2v) is 4.58. The minimum atomic E-state index is -1.08. The van der Waals surface area contributed by atoms with Gasteiger partial charge < -0.3 is 5.32 Å². The molecular weight excluding hydrogens is 243 g/mol. The molecule has 1 aromatic carbocycles. The summed E-state index contributed by atoms with van der Waals surface area (Å²) in [4.78, 5) is 11.6. The van der Waals surface area contributed by atoms with Gasteiger partial charge in [0.05, 0.1) is 11.1 Å². The first kappa shape index (κ1) is 13.5. The Balaban J connectivity index is 2.66. The first-order valence-corrected chi connectivity index (χ1v) is 5.38. The molecule has 1 N–H and O–H groups in total. The molecule has 1 amide bonds. The van der Waals surface area contributed by atoms with Gasteiger partial charge in [-0.2, -0.15) is 5.26 Å². The third-order valence-corrected chi connectivity index (χ3v) is 2.57. The van der Waals surface area contributed by atoms with Crippen molar-refractivity contribution < 1.29 is 9.18 Å². The highest BCUT2D eigenvalue weighted by Crippen LogP contribution is 2.17. The van der Waals surface area contributed by atoms with Gasteiger partial charge in [0.1, 0.15) is 11.2 Å². The maximum Gasteiger partial charge on any atom is 0.240 e. The molecule has 0 aliphatic rings. The summed E-state index contributed by atoms with van der Waals surface area (Å²) in [5.74, 6) is -0.875. The van der Waals surface area contributed by atoms with Crippen LogP contribution in [-0.4, -0.2) is 5.91 Å². The zero-order chi connectivity index (χ0) is 13.1. The van der Waals surface area contributed by atoms with Crippen LogP contribution in [0.2, 0.25) is 5.02 Å². The van der Waals surface area contributed by atoms with Gasteiger partial charge in [0, 0.05) is 6.54 Å². The molecule has 0 aromatic heterocycles. The summed E-state index contributed by atoms with van der Waals surface area (Å²) in [5.41, 5.74) is -0.400. The van der Waals surface area contributed by atoms with Crippen molar-refractivity contribution in [2.24, 2.45) is 5.41 Å². The molecule has 1 rings (SSSR count). The summed E-state index contributed by atoms with van der Waals surface area (Å²) < 4.78 is 12.9. The fraction of sp³-hybridized carbons (Fsp3) is 0.333. The van der Waals surface area contributed by atoms with Crippen LogP contribution in [0.3, 0.4) is 0 Å². The molecule has 0 saturated heterocycles.